The van der Waals surface area contributed by atoms with Crippen LogP contribution in [-0.4, -0.2) is 6.61 Å². The third kappa shape index (κ3) is 2.90. The van der Waals surface area contributed by atoms with Gasteiger partial charge in [0.15, 0.2) is 22.7 Å². The lowest BCUT2D eigenvalue weighted by Crippen LogP contribution is -1.98. The molecule has 0 fully saturated rings. The van der Waals surface area contributed by atoms with E-state index in [1.165, 1.54) is 6.07 Å². The van der Waals surface area contributed by atoms with Crippen LogP contribution >= 0.6 is 0 Å². The molecule has 0 aliphatic heterocycles. The molecule has 0 aliphatic rings. The number of rotatable bonds is 6. The van der Waals surface area contributed by atoms with Gasteiger partial charge >= 0.3 is 0 Å². The summed E-state index contributed by atoms with van der Waals surface area (Å²) in [4.78, 5) is 0. The van der Waals surface area contributed by atoms with Gasteiger partial charge in [0, 0.05) is 10.8 Å². The second-order valence-electron chi connectivity index (χ2n) is 5.76. The highest BCUT2D eigenvalue weighted by molar-refractivity contribution is 6.05. The average molecular weight is 318 g/mol. The summed E-state index contributed by atoms with van der Waals surface area (Å²) in [6.45, 7) is 4.53. The van der Waals surface area contributed by atoms with E-state index >= 15 is 0 Å². The highest BCUT2D eigenvalue weighted by atomic mass is 19.1. The van der Waals surface area contributed by atoms with Crippen LogP contribution in [0.25, 0.3) is 21.9 Å². The first-order chi connectivity index (χ1) is 11.2. The number of benzene rings is 2. The van der Waals surface area contributed by atoms with Crippen LogP contribution in [0.2, 0.25) is 0 Å². The van der Waals surface area contributed by atoms with Crippen molar-refractivity contribution in [3.63, 3.8) is 0 Å². The van der Waals surface area contributed by atoms with Gasteiger partial charge in [-0.1, -0.05) is 26.7 Å². The van der Waals surface area contributed by atoms with Crippen LogP contribution in [0.5, 0.6) is 5.75 Å². The van der Waals surface area contributed by atoms with Crippen molar-refractivity contribution in [2.24, 2.45) is 0 Å². The summed E-state index contributed by atoms with van der Waals surface area (Å²) in [6, 6.07) is 6.67. The molecule has 0 aliphatic carbocycles. The highest BCUT2D eigenvalue weighted by Crippen LogP contribution is 2.36. The number of unbranched alkanes of at least 4 members (excludes halogenated alkanes) is 1. The van der Waals surface area contributed by atoms with Gasteiger partial charge in [-0.2, -0.15) is 4.39 Å². The molecule has 3 aromatic rings. The van der Waals surface area contributed by atoms with Crippen LogP contribution in [-0.2, 0) is 6.42 Å². The Balaban J connectivity index is 2.11. The Morgan fingerprint density at radius 1 is 1.00 bits per heavy atom. The van der Waals surface area contributed by atoms with Gasteiger partial charge in [-0.05, 0) is 42.7 Å². The maximum absolute atomic E-state index is 14.6. The lowest BCUT2D eigenvalue weighted by atomic mass is 10.1. The van der Waals surface area contributed by atoms with Crippen molar-refractivity contribution in [1.29, 1.82) is 0 Å². The summed E-state index contributed by atoms with van der Waals surface area (Å²) in [7, 11) is 0. The Hall–Kier alpha value is -2.10. The molecule has 0 amide bonds. The molecule has 0 bridgehead atoms. The zero-order valence-electron chi connectivity index (χ0n) is 13.4. The molecular weight excluding hydrogens is 298 g/mol. The molecule has 4 heteroatoms. The van der Waals surface area contributed by atoms with Gasteiger partial charge in [-0.3, -0.25) is 0 Å². The SMILES string of the molecule is CCCCOc1ccc2c(oc3c(F)cc(CCC)cc32)c1F. The summed E-state index contributed by atoms with van der Waals surface area (Å²) in [5.41, 5.74) is 1.05. The van der Waals surface area contributed by atoms with Gasteiger partial charge in [0.1, 0.15) is 0 Å². The van der Waals surface area contributed by atoms with Gasteiger partial charge in [-0.25, -0.2) is 4.39 Å². The third-order valence-electron chi connectivity index (χ3n) is 3.95. The molecule has 2 aromatic carbocycles. The summed E-state index contributed by atoms with van der Waals surface area (Å²) >= 11 is 0. The first-order valence-electron chi connectivity index (χ1n) is 8.11. The van der Waals surface area contributed by atoms with Crippen molar-refractivity contribution in [3.8, 4) is 5.75 Å². The number of aryl methyl sites for hydroxylation is 1. The van der Waals surface area contributed by atoms with Crippen LogP contribution in [0.3, 0.4) is 0 Å². The van der Waals surface area contributed by atoms with E-state index in [1.807, 2.05) is 19.9 Å². The zero-order valence-corrected chi connectivity index (χ0v) is 13.4. The second kappa shape index (κ2) is 6.57. The predicted molar refractivity (Wildman–Crippen MR) is 88.0 cm³/mol. The first kappa shape index (κ1) is 15.8. The van der Waals surface area contributed by atoms with Crippen LogP contribution in [0.15, 0.2) is 28.7 Å². The first-order valence-corrected chi connectivity index (χ1v) is 8.11. The molecule has 2 nitrogen and oxygen atoms in total. The van der Waals surface area contributed by atoms with Gasteiger partial charge in [0.05, 0.1) is 6.61 Å². The summed E-state index contributed by atoms with van der Waals surface area (Å²) in [6.07, 6.45) is 3.53. The lowest BCUT2D eigenvalue weighted by molar-refractivity contribution is 0.294. The number of hydrogen-bond acceptors (Lipinski definition) is 2. The molecule has 1 heterocycles. The summed E-state index contributed by atoms with van der Waals surface area (Å²) in [5, 5.41) is 1.19. The Morgan fingerprint density at radius 2 is 1.83 bits per heavy atom. The largest absolute Gasteiger partial charge is 0.490 e. The normalized spacial score (nSPS) is 11.5. The van der Waals surface area contributed by atoms with Crippen LogP contribution in [0.1, 0.15) is 38.7 Å². The number of furan rings is 1. The van der Waals surface area contributed by atoms with Crippen molar-refractivity contribution in [3.05, 3.63) is 41.5 Å². The van der Waals surface area contributed by atoms with Crippen LogP contribution in [0.4, 0.5) is 8.78 Å². The molecule has 0 radical (unpaired) electrons. The van der Waals surface area contributed by atoms with Gasteiger partial charge < -0.3 is 9.15 Å². The minimum atomic E-state index is -0.564. The van der Waals surface area contributed by atoms with Crippen LogP contribution < -0.4 is 4.74 Å². The molecule has 122 valence electrons. The Labute approximate surface area is 134 Å². The Kier molecular flexibility index (Phi) is 4.51. The number of hydrogen-bond donors (Lipinski definition) is 0. The molecule has 0 atom stereocenters. The van der Waals surface area contributed by atoms with E-state index in [4.69, 9.17) is 9.15 Å². The summed E-state index contributed by atoms with van der Waals surface area (Å²) < 4.78 is 39.7. The molecule has 3 rings (SSSR count). The smallest absolute Gasteiger partial charge is 0.208 e. The van der Waals surface area contributed by atoms with Crippen molar-refractivity contribution in [2.75, 3.05) is 6.61 Å². The van der Waals surface area contributed by atoms with E-state index in [0.29, 0.717) is 17.4 Å². The maximum atomic E-state index is 14.6. The molecule has 23 heavy (non-hydrogen) atoms. The number of fused-ring (bicyclic) bond motifs is 3. The molecular formula is C19H20F2O2. The van der Waals surface area contributed by atoms with Crippen molar-refractivity contribution >= 4 is 21.9 Å². The fourth-order valence-corrected chi connectivity index (χ4v) is 2.78. The van der Waals surface area contributed by atoms with Gasteiger partial charge in [0.2, 0.25) is 5.82 Å². The van der Waals surface area contributed by atoms with Gasteiger partial charge in [0.25, 0.3) is 0 Å². The fraction of sp³-hybridized carbons (Fsp3) is 0.368. The van der Waals surface area contributed by atoms with E-state index in [2.05, 4.69) is 0 Å². The molecule has 0 saturated heterocycles. The van der Waals surface area contributed by atoms with E-state index in [-0.39, 0.29) is 16.9 Å². The van der Waals surface area contributed by atoms with E-state index in [9.17, 15) is 8.78 Å². The van der Waals surface area contributed by atoms with Crippen molar-refractivity contribution in [1.82, 2.24) is 0 Å². The standard InChI is InChI=1S/C19H20F2O2/c1-3-5-9-22-16-8-7-13-14-10-12(6-4-2)11-15(20)18(14)23-19(13)17(16)21/h7-8,10-11H,3-6,9H2,1-2H3. The molecule has 1 aromatic heterocycles. The molecule has 0 spiro atoms. The number of halogens is 2. The predicted octanol–water partition coefficient (Wildman–Crippen LogP) is 6.00. The molecule has 0 unspecified atom stereocenters. The maximum Gasteiger partial charge on any atom is 0.208 e. The Bertz CT molecular complexity index is 836. The second-order valence-corrected chi connectivity index (χ2v) is 5.76. The van der Waals surface area contributed by atoms with Crippen LogP contribution in [0, 0.1) is 11.6 Å². The summed E-state index contributed by atoms with van der Waals surface area (Å²) in [5.74, 6) is -0.861. The molecule has 0 saturated carbocycles. The van der Waals surface area contributed by atoms with E-state index < -0.39 is 11.6 Å². The minimum absolute atomic E-state index is 0.0570. The highest BCUT2D eigenvalue weighted by Gasteiger charge is 2.18. The van der Waals surface area contributed by atoms with E-state index in [1.54, 1.807) is 12.1 Å². The van der Waals surface area contributed by atoms with Crippen molar-refractivity contribution < 1.29 is 17.9 Å². The fourth-order valence-electron chi connectivity index (χ4n) is 2.78. The monoisotopic (exact) mass is 318 g/mol. The quantitative estimate of drug-likeness (QED) is 0.520. The Morgan fingerprint density at radius 3 is 2.57 bits per heavy atom. The zero-order chi connectivity index (χ0) is 16.4. The van der Waals surface area contributed by atoms with E-state index in [0.717, 1.165) is 31.2 Å². The third-order valence-corrected chi connectivity index (χ3v) is 3.95. The van der Waals surface area contributed by atoms with Gasteiger partial charge in [-0.15, -0.1) is 0 Å². The number of ether oxygens (including phenoxy) is 1. The minimum Gasteiger partial charge on any atom is -0.490 e. The topological polar surface area (TPSA) is 22.4 Å². The lowest BCUT2D eigenvalue weighted by Gasteiger charge is -2.06. The molecule has 0 N–H and O–H groups in total. The van der Waals surface area contributed by atoms with Crippen molar-refractivity contribution in [2.45, 2.75) is 39.5 Å². The average Bonchev–Trinajstić information content (AvgIpc) is 2.90.